The number of benzene rings is 1. The molecule has 9 nitrogen and oxygen atoms in total. The molecule has 1 amide bonds. The number of methoxy groups -OCH3 is 2. The lowest BCUT2D eigenvalue weighted by atomic mass is 10.0. The van der Waals surface area contributed by atoms with Crippen LogP contribution in [0.2, 0.25) is 0 Å². The molecule has 0 bridgehead atoms. The van der Waals surface area contributed by atoms with Gasteiger partial charge in [-0.3, -0.25) is 4.79 Å². The lowest BCUT2D eigenvalue weighted by Crippen LogP contribution is -2.27. The Bertz CT molecular complexity index is 1500. The minimum absolute atomic E-state index is 0.0179. The van der Waals surface area contributed by atoms with Crippen LogP contribution in [0.4, 0.5) is 5.82 Å². The van der Waals surface area contributed by atoms with Crippen molar-refractivity contribution in [3.8, 4) is 28.7 Å². The SMILES string of the molecule is COc1ccc([C@@H](C)NC(=O)/C(C#N)=C/c2c[nH]c3ncc(-c4ccc(N(C)C)nc4)cc23)cc1OC. The fraction of sp³-hybridized carbons (Fsp3) is 0.214. The van der Waals surface area contributed by atoms with Gasteiger partial charge in [-0.2, -0.15) is 5.26 Å². The number of nitrogens with zero attached hydrogens (tertiary/aromatic N) is 4. The Morgan fingerprint density at radius 3 is 2.49 bits per heavy atom. The van der Waals surface area contributed by atoms with Crippen molar-refractivity contribution in [3.63, 3.8) is 0 Å². The Morgan fingerprint density at radius 1 is 1.08 bits per heavy atom. The topological polar surface area (TPSA) is 116 Å². The summed E-state index contributed by atoms with van der Waals surface area (Å²) in [5, 5.41) is 13.4. The molecule has 0 fully saturated rings. The van der Waals surface area contributed by atoms with Gasteiger partial charge in [0.2, 0.25) is 0 Å². The zero-order valence-corrected chi connectivity index (χ0v) is 21.4. The normalized spacial score (nSPS) is 12.1. The van der Waals surface area contributed by atoms with E-state index >= 15 is 0 Å². The van der Waals surface area contributed by atoms with Crippen LogP contribution in [0.5, 0.6) is 11.5 Å². The molecule has 9 heteroatoms. The highest BCUT2D eigenvalue weighted by atomic mass is 16.5. The fourth-order valence-electron chi connectivity index (χ4n) is 3.91. The molecule has 0 aliphatic carbocycles. The molecule has 0 aliphatic rings. The molecule has 1 aromatic carbocycles. The van der Waals surface area contributed by atoms with Crippen molar-refractivity contribution >= 4 is 28.8 Å². The first-order valence-corrected chi connectivity index (χ1v) is 11.6. The first-order chi connectivity index (χ1) is 17.8. The number of aromatic nitrogens is 3. The number of rotatable bonds is 8. The number of pyridine rings is 2. The van der Waals surface area contributed by atoms with Gasteiger partial charge < -0.3 is 24.7 Å². The van der Waals surface area contributed by atoms with Crippen molar-refractivity contribution < 1.29 is 14.3 Å². The Hall–Kier alpha value is -4.84. The molecule has 37 heavy (non-hydrogen) atoms. The van der Waals surface area contributed by atoms with Gasteiger partial charge in [-0.15, -0.1) is 0 Å². The molecule has 0 aliphatic heterocycles. The molecule has 0 radical (unpaired) electrons. The summed E-state index contributed by atoms with van der Waals surface area (Å²) in [6.45, 7) is 1.84. The molecule has 0 unspecified atom stereocenters. The number of fused-ring (bicyclic) bond motifs is 1. The third kappa shape index (κ3) is 5.38. The number of amides is 1. The Labute approximate surface area is 215 Å². The average Bonchev–Trinajstić information content (AvgIpc) is 3.32. The van der Waals surface area contributed by atoms with Crippen molar-refractivity contribution in [2.24, 2.45) is 0 Å². The van der Waals surface area contributed by atoms with Gasteiger partial charge in [-0.1, -0.05) is 6.07 Å². The van der Waals surface area contributed by atoms with Gasteiger partial charge in [0.05, 0.1) is 20.3 Å². The first kappa shape index (κ1) is 25.3. The minimum atomic E-state index is -0.480. The maximum absolute atomic E-state index is 13.0. The first-order valence-electron chi connectivity index (χ1n) is 11.6. The zero-order valence-electron chi connectivity index (χ0n) is 21.4. The lowest BCUT2D eigenvalue weighted by Gasteiger charge is -2.16. The number of nitrogens with one attached hydrogen (secondary N) is 2. The largest absolute Gasteiger partial charge is 0.493 e. The van der Waals surface area contributed by atoms with Gasteiger partial charge in [-0.25, -0.2) is 9.97 Å². The van der Waals surface area contributed by atoms with Crippen LogP contribution in [0.1, 0.15) is 24.1 Å². The maximum atomic E-state index is 13.0. The van der Waals surface area contributed by atoms with Gasteiger partial charge >= 0.3 is 0 Å². The van der Waals surface area contributed by atoms with Crippen molar-refractivity contribution in [1.82, 2.24) is 20.3 Å². The Kier molecular flexibility index (Phi) is 7.39. The van der Waals surface area contributed by atoms with Gasteiger partial charge in [0.1, 0.15) is 23.1 Å². The monoisotopic (exact) mass is 496 g/mol. The van der Waals surface area contributed by atoms with E-state index in [1.54, 1.807) is 51.0 Å². The molecule has 2 N–H and O–H groups in total. The van der Waals surface area contributed by atoms with E-state index < -0.39 is 5.91 Å². The van der Waals surface area contributed by atoms with Crippen LogP contribution in [0.3, 0.4) is 0 Å². The number of anilines is 1. The summed E-state index contributed by atoms with van der Waals surface area (Å²) < 4.78 is 10.6. The van der Waals surface area contributed by atoms with Crippen LogP contribution in [-0.2, 0) is 4.79 Å². The Morgan fingerprint density at radius 2 is 1.84 bits per heavy atom. The minimum Gasteiger partial charge on any atom is -0.493 e. The highest BCUT2D eigenvalue weighted by molar-refractivity contribution is 6.04. The third-order valence-electron chi connectivity index (χ3n) is 6.02. The number of ether oxygens (including phenoxy) is 2. The second-order valence-corrected chi connectivity index (χ2v) is 8.64. The molecular weight excluding hydrogens is 468 g/mol. The summed E-state index contributed by atoms with van der Waals surface area (Å²) >= 11 is 0. The van der Waals surface area contributed by atoms with Crippen molar-refractivity contribution in [2.45, 2.75) is 13.0 Å². The summed E-state index contributed by atoms with van der Waals surface area (Å²) in [6, 6.07) is 13.0. The molecule has 1 atom stereocenters. The van der Waals surface area contributed by atoms with Gasteiger partial charge in [0.25, 0.3) is 5.91 Å². The van der Waals surface area contributed by atoms with E-state index in [1.165, 1.54) is 0 Å². The van der Waals surface area contributed by atoms with E-state index in [-0.39, 0.29) is 11.6 Å². The van der Waals surface area contributed by atoms with Crippen LogP contribution >= 0.6 is 0 Å². The van der Waals surface area contributed by atoms with Crippen molar-refractivity contribution in [2.75, 3.05) is 33.2 Å². The van der Waals surface area contributed by atoms with E-state index in [2.05, 4.69) is 20.3 Å². The summed E-state index contributed by atoms with van der Waals surface area (Å²) in [5.74, 6) is 1.53. The second kappa shape index (κ2) is 10.8. The third-order valence-corrected chi connectivity index (χ3v) is 6.02. The molecule has 188 valence electrons. The Balaban J connectivity index is 1.59. The molecule has 3 heterocycles. The molecule has 0 saturated heterocycles. The maximum Gasteiger partial charge on any atom is 0.262 e. The quantitative estimate of drug-likeness (QED) is 0.273. The molecule has 0 saturated carbocycles. The zero-order chi connectivity index (χ0) is 26.5. The molecular formula is C28H28N6O3. The van der Waals surface area contributed by atoms with Crippen LogP contribution in [0.25, 0.3) is 28.2 Å². The number of H-pyrrole nitrogens is 1. The van der Waals surface area contributed by atoms with E-state index in [4.69, 9.17) is 9.47 Å². The number of aromatic amines is 1. The van der Waals surface area contributed by atoms with Crippen molar-refractivity contribution in [1.29, 1.82) is 5.26 Å². The molecule has 0 spiro atoms. The second-order valence-electron chi connectivity index (χ2n) is 8.64. The smallest absolute Gasteiger partial charge is 0.262 e. The standard InChI is InChI=1S/C28H28N6O3/c1-17(18-6-8-24(36-4)25(12-18)37-5)33-28(35)20(13-29)10-22-16-32-27-23(22)11-21(15-31-27)19-7-9-26(30-14-19)34(2)3/h6-12,14-17H,1-5H3,(H,31,32)(H,33,35)/b20-10+/t17-/m1/s1. The van der Waals surface area contributed by atoms with Crippen LogP contribution in [-0.4, -0.2) is 49.2 Å². The van der Waals surface area contributed by atoms with Gasteiger partial charge in [-0.05, 0) is 48.9 Å². The van der Waals surface area contributed by atoms with E-state index in [0.29, 0.717) is 22.7 Å². The summed E-state index contributed by atoms with van der Waals surface area (Å²) in [5.41, 5.74) is 3.94. The number of nitriles is 1. The molecule has 4 rings (SSSR count). The number of hydrogen-bond donors (Lipinski definition) is 2. The summed E-state index contributed by atoms with van der Waals surface area (Å²) in [4.78, 5) is 27.0. The molecule has 3 aromatic heterocycles. The summed E-state index contributed by atoms with van der Waals surface area (Å²) in [7, 11) is 6.99. The predicted molar refractivity (Wildman–Crippen MR) is 143 cm³/mol. The van der Waals surface area contributed by atoms with Crippen LogP contribution < -0.4 is 19.7 Å². The van der Waals surface area contributed by atoms with Gasteiger partial charge in [0.15, 0.2) is 11.5 Å². The van der Waals surface area contributed by atoms with Crippen molar-refractivity contribution in [3.05, 3.63) is 71.7 Å². The number of hydrogen-bond acceptors (Lipinski definition) is 7. The number of carbonyl (C=O) groups excluding carboxylic acids is 1. The summed E-state index contributed by atoms with van der Waals surface area (Å²) in [6.07, 6.45) is 6.86. The highest BCUT2D eigenvalue weighted by Gasteiger charge is 2.17. The van der Waals surface area contributed by atoms with Gasteiger partial charge in [0, 0.05) is 54.8 Å². The average molecular weight is 497 g/mol. The van der Waals surface area contributed by atoms with E-state index in [9.17, 15) is 10.1 Å². The predicted octanol–water partition coefficient (Wildman–Crippen LogP) is 4.49. The fourth-order valence-corrected chi connectivity index (χ4v) is 3.91. The van der Waals surface area contributed by atoms with E-state index in [0.717, 1.165) is 27.9 Å². The lowest BCUT2D eigenvalue weighted by molar-refractivity contribution is -0.117. The van der Waals surface area contributed by atoms with Crippen LogP contribution in [0.15, 0.2) is 60.6 Å². The highest BCUT2D eigenvalue weighted by Crippen LogP contribution is 2.30. The molecule has 4 aromatic rings. The van der Waals surface area contributed by atoms with E-state index in [1.807, 2.05) is 56.3 Å². The number of carbonyl (C=O) groups is 1. The van der Waals surface area contributed by atoms with Crippen LogP contribution in [0, 0.1) is 11.3 Å².